The van der Waals surface area contributed by atoms with E-state index in [0.29, 0.717) is 16.9 Å². The Kier molecular flexibility index (Phi) is 9.77. The Morgan fingerprint density at radius 2 is 0.833 bits per heavy atom. The van der Waals surface area contributed by atoms with Crippen molar-refractivity contribution in [2.45, 2.75) is 5.41 Å². The summed E-state index contributed by atoms with van der Waals surface area (Å²) in [5, 5.41) is 6.16. The van der Waals surface area contributed by atoms with Crippen LogP contribution in [0.1, 0.15) is 27.7 Å². The quantitative estimate of drug-likeness (QED) is 0.135. The Morgan fingerprint density at radius 3 is 1.60 bits per heavy atom. The van der Waals surface area contributed by atoms with Crippen LogP contribution in [0, 0.1) is 0 Å². The van der Waals surface area contributed by atoms with Crippen molar-refractivity contribution >= 4 is 77.5 Å². The Morgan fingerprint density at radius 1 is 0.308 bits per heavy atom. The molecule has 0 unspecified atom stereocenters. The number of aromatic nitrogens is 1. The molecule has 366 valence electrons. The molecule has 0 fully saturated rings. The largest absolute Gasteiger partial charge is 0.310 e. The van der Waals surface area contributed by atoms with Gasteiger partial charge in [-0.1, -0.05) is 224 Å². The molecule has 0 N–H and O–H groups in total. The fourth-order valence-electron chi connectivity index (χ4n) is 12.6. The Hall–Kier alpha value is -10.2. The summed E-state index contributed by atoms with van der Waals surface area (Å²) in [5.74, 6) is 0. The standard InChI is InChI=1S/C75H51N3/c1-5-24-54(25-6-1)75(55-26-7-2-8-27-55)69-38-17-15-33-64(69)65-48-46-60(51-70(65)75)76(56-28-9-3-10-29-56)58-44-42-53(43-45-58)61-35-20-37-66-63(61)36-21-41-73(66)78(71-40-19-23-52-22-13-14-32-62(52)71)59-47-49-74-68(50-59)67-34-16-18-39-72(67)77(74)57-30-11-4-12-31-57/h1-51H/i42D,43D,44D,45D. The molecule has 0 amide bonds. The molecule has 0 saturated heterocycles. The molecule has 0 radical (unpaired) electrons. The zero-order valence-corrected chi connectivity index (χ0v) is 42.5. The summed E-state index contributed by atoms with van der Waals surface area (Å²) in [5.41, 5.74) is 14.6. The maximum atomic E-state index is 10.1. The van der Waals surface area contributed by atoms with E-state index in [1.54, 1.807) is 0 Å². The first kappa shape index (κ1) is 41.1. The maximum Gasteiger partial charge on any atom is 0.0714 e. The normalized spacial score (nSPS) is 13.2. The van der Waals surface area contributed by atoms with Crippen molar-refractivity contribution in [3.63, 3.8) is 0 Å². The van der Waals surface area contributed by atoms with Crippen molar-refractivity contribution in [3.8, 4) is 27.9 Å². The predicted molar refractivity (Wildman–Crippen MR) is 328 cm³/mol. The van der Waals surface area contributed by atoms with Crippen LogP contribution in [0.25, 0.3) is 71.3 Å². The highest BCUT2D eigenvalue weighted by Crippen LogP contribution is 2.57. The third-order valence-corrected chi connectivity index (χ3v) is 15.9. The van der Waals surface area contributed by atoms with Crippen LogP contribution in [-0.2, 0) is 5.41 Å². The first-order chi connectivity index (χ1) is 40.4. The van der Waals surface area contributed by atoms with E-state index >= 15 is 0 Å². The summed E-state index contributed by atoms with van der Waals surface area (Å²) < 4.78 is 42.7. The fourth-order valence-corrected chi connectivity index (χ4v) is 12.6. The molecule has 0 aliphatic heterocycles. The highest BCUT2D eigenvalue weighted by Gasteiger charge is 2.46. The van der Waals surface area contributed by atoms with E-state index in [2.05, 4.69) is 234 Å². The third-order valence-electron chi connectivity index (χ3n) is 15.9. The van der Waals surface area contributed by atoms with Gasteiger partial charge in [-0.25, -0.2) is 0 Å². The van der Waals surface area contributed by atoms with Crippen LogP contribution in [0.3, 0.4) is 0 Å². The predicted octanol–water partition coefficient (Wildman–Crippen LogP) is 20.1. The molecule has 1 aromatic heterocycles. The summed E-state index contributed by atoms with van der Waals surface area (Å²) in [7, 11) is 0. The van der Waals surface area contributed by atoms with Crippen LogP contribution in [0.15, 0.2) is 309 Å². The van der Waals surface area contributed by atoms with Gasteiger partial charge in [-0.05, 0) is 140 Å². The molecule has 14 aromatic rings. The number of benzene rings is 13. The Bertz CT molecular complexity index is 4740. The Balaban J connectivity index is 0.917. The second kappa shape index (κ2) is 18.6. The fraction of sp³-hybridized carbons (Fsp3) is 0.0133. The Labute approximate surface area is 460 Å². The number of fused-ring (bicyclic) bond motifs is 8. The molecule has 0 saturated carbocycles. The second-order valence-corrected chi connectivity index (χ2v) is 20.1. The van der Waals surface area contributed by atoms with E-state index in [-0.39, 0.29) is 35.4 Å². The van der Waals surface area contributed by atoms with Crippen molar-refractivity contribution < 1.29 is 5.48 Å². The van der Waals surface area contributed by atoms with Crippen molar-refractivity contribution in [1.29, 1.82) is 0 Å². The minimum absolute atomic E-state index is 0.127. The third kappa shape index (κ3) is 7.13. The number of para-hydroxylation sites is 3. The van der Waals surface area contributed by atoms with Gasteiger partial charge in [0.2, 0.25) is 0 Å². The van der Waals surface area contributed by atoms with Gasteiger partial charge in [0.05, 0.1) is 33.3 Å². The van der Waals surface area contributed by atoms with Crippen molar-refractivity contribution in [1.82, 2.24) is 4.57 Å². The second-order valence-electron chi connectivity index (χ2n) is 20.1. The molecular formula is C75H51N3. The van der Waals surface area contributed by atoms with Crippen molar-refractivity contribution in [2.75, 3.05) is 9.80 Å². The minimum atomic E-state index is -0.697. The van der Waals surface area contributed by atoms with Gasteiger partial charge in [0, 0.05) is 50.0 Å². The molecule has 0 bridgehead atoms. The van der Waals surface area contributed by atoms with Gasteiger partial charge in [-0.2, -0.15) is 0 Å². The molecule has 78 heavy (non-hydrogen) atoms. The zero-order chi connectivity index (χ0) is 55.1. The van der Waals surface area contributed by atoms with Crippen LogP contribution >= 0.6 is 0 Å². The number of hydrogen-bond donors (Lipinski definition) is 0. The first-order valence-corrected chi connectivity index (χ1v) is 26.6. The monoisotopic (exact) mass is 997 g/mol. The van der Waals surface area contributed by atoms with Gasteiger partial charge in [-0.15, -0.1) is 0 Å². The lowest BCUT2D eigenvalue weighted by molar-refractivity contribution is 0.768. The summed E-state index contributed by atoms with van der Waals surface area (Å²) in [4.78, 5) is 4.24. The molecule has 3 heteroatoms. The van der Waals surface area contributed by atoms with Gasteiger partial charge in [-0.3, -0.25) is 0 Å². The van der Waals surface area contributed by atoms with Gasteiger partial charge in [0.1, 0.15) is 0 Å². The zero-order valence-electron chi connectivity index (χ0n) is 46.5. The lowest BCUT2D eigenvalue weighted by Gasteiger charge is -2.35. The molecule has 3 nitrogen and oxygen atoms in total. The van der Waals surface area contributed by atoms with E-state index in [1.165, 1.54) is 5.56 Å². The average molecular weight is 998 g/mol. The number of anilines is 6. The lowest BCUT2D eigenvalue weighted by Crippen LogP contribution is -2.28. The minimum Gasteiger partial charge on any atom is -0.310 e. The van der Waals surface area contributed by atoms with Gasteiger partial charge < -0.3 is 14.4 Å². The van der Waals surface area contributed by atoms with E-state index in [0.717, 1.165) is 93.9 Å². The van der Waals surface area contributed by atoms with E-state index < -0.39 is 5.41 Å². The van der Waals surface area contributed by atoms with Crippen LogP contribution in [0.5, 0.6) is 0 Å². The van der Waals surface area contributed by atoms with E-state index in [9.17, 15) is 5.48 Å². The maximum absolute atomic E-state index is 10.1. The van der Waals surface area contributed by atoms with Crippen molar-refractivity contribution in [2.24, 2.45) is 0 Å². The summed E-state index contributed by atoms with van der Waals surface area (Å²) in [6.07, 6.45) is 0. The van der Waals surface area contributed by atoms with E-state index in [4.69, 9.17) is 0 Å². The number of hydrogen-bond acceptors (Lipinski definition) is 2. The van der Waals surface area contributed by atoms with Gasteiger partial charge in [0.25, 0.3) is 0 Å². The van der Waals surface area contributed by atoms with Crippen LogP contribution in [0.4, 0.5) is 34.1 Å². The molecule has 0 spiro atoms. The SMILES string of the molecule is [2H]c1c([2H])c(N(c2ccccc2)c2ccc3c(c2)C(c2ccccc2)(c2ccccc2)c2ccccc2-3)c([2H])c([2H])c1-c1cccc2c(N(c3ccc4c(c3)c3ccccc3n4-c3ccccc3)c3cccc4ccccc34)cccc12. The first-order valence-electron chi connectivity index (χ1n) is 28.6. The van der Waals surface area contributed by atoms with Gasteiger partial charge in [0.15, 0.2) is 0 Å². The lowest BCUT2D eigenvalue weighted by atomic mass is 9.67. The smallest absolute Gasteiger partial charge is 0.0714 e. The van der Waals surface area contributed by atoms with Crippen molar-refractivity contribution in [3.05, 3.63) is 332 Å². The molecule has 1 aliphatic carbocycles. The molecule has 0 atom stereocenters. The van der Waals surface area contributed by atoms with Crippen LogP contribution in [0.2, 0.25) is 0 Å². The molecule has 15 rings (SSSR count). The van der Waals surface area contributed by atoms with Crippen LogP contribution in [-0.4, -0.2) is 4.57 Å². The van der Waals surface area contributed by atoms with E-state index in [1.807, 2.05) is 65.6 Å². The number of nitrogens with zero attached hydrogens (tertiary/aromatic N) is 3. The number of rotatable bonds is 10. The molecular weight excluding hydrogens is 943 g/mol. The van der Waals surface area contributed by atoms with Gasteiger partial charge >= 0.3 is 0 Å². The highest BCUT2D eigenvalue weighted by molar-refractivity contribution is 6.13. The summed E-state index contributed by atoms with van der Waals surface area (Å²) in [6, 6.07) is 98.5. The molecule has 1 heterocycles. The average Bonchev–Trinajstić information content (AvgIpc) is 3.62. The summed E-state index contributed by atoms with van der Waals surface area (Å²) >= 11 is 0. The molecule has 13 aromatic carbocycles. The topological polar surface area (TPSA) is 11.4 Å². The van der Waals surface area contributed by atoms with Crippen LogP contribution < -0.4 is 9.80 Å². The molecule has 1 aliphatic rings. The highest BCUT2D eigenvalue weighted by atomic mass is 15.2. The summed E-state index contributed by atoms with van der Waals surface area (Å²) in [6.45, 7) is 0.